The van der Waals surface area contributed by atoms with Gasteiger partial charge in [-0.15, -0.1) is 0 Å². The van der Waals surface area contributed by atoms with Crippen LogP contribution in [0.15, 0.2) is 54.7 Å². The molecule has 0 radical (unpaired) electrons. The molecule has 0 amide bonds. The van der Waals surface area contributed by atoms with Crippen molar-refractivity contribution in [1.29, 1.82) is 0 Å². The second kappa shape index (κ2) is 10.8. The minimum atomic E-state index is -3.19. The Labute approximate surface area is 225 Å². The summed E-state index contributed by atoms with van der Waals surface area (Å²) in [6.07, 6.45) is 2.71. The number of Topliss-reactive ketones (excluding diaryl/α,β-unsaturated/α-hetero) is 1. The third-order valence-corrected chi connectivity index (χ3v) is 8.15. The standard InChI is InChI=1S/C28H27F2N3O5S/c1-37-25-6-3-18(17-31-25)27-26(19-13-20(29)15-21(30)14-19)23-5-4-22(16-24(23)28(27)34)38-12-11-32-7-9-33(10-8-32)39(2,35)36/h3-6,13-17H,7-12H2,1-2H3. The van der Waals surface area contributed by atoms with Gasteiger partial charge in [-0.2, -0.15) is 4.31 Å². The van der Waals surface area contributed by atoms with Gasteiger partial charge >= 0.3 is 0 Å². The lowest BCUT2D eigenvalue weighted by Crippen LogP contribution is -2.49. The van der Waals surface area contributed by atoms with Gasteiger partial charge < -0.3 is 9.47 Å². The summed E-state index contributed by atoms with van der Waals surface area (Å²) in [5.74, 6) is -0.949. The van der Waals surface area contributed by atoms with Gasteiger partial charge in [0.1, 0.15) is 24.0 Å². The fourth-order valence-corrected chi connectivity index (χ4v) is 5.73. The maximum absolute atomic E-state index is 14.2. The van der Waals surface area contributed by atoms with Gasteiger partial charge in [-0.1, -0.05) is 0 Å². The van der Waals surface area contributed by atoms with Gasteiger partial charge in [-0.25, -0.2) is 22.2 Å². The molecule has 2 aliphatic rings. The molecule has 0 saturated carbocycles. The molecular weight excluding hydrogens is 528 g/mol. The van der Waals surface area contributed by atoms with E-state index in [0.29, 0.717) is 73.2 Å². The van der Waals surface area contributed by atoms with Crippen LogP contribution >= 0.6 is 0 Å². The summed E-state index contributed by atoms with van der Waals surface area (Å²) in [5.41, 5.74) is 2.33. The number of methoxy groups -OCH3 is 1. The van der Waals surface area contributed by atoms with Gasteiger partial charge in [-0.05, 0) is 47.5 Å². The van der Waals surface area contributed by atoms with E-state index in [0.717, 1.165) is 6.07 Å². The molecule has 1 aromatic heterocycles. The summed E-state index contributed by atoms with van der Waals surface area (Å²) in [7, 11) is -1.71. The van der Waals surface area contributed by atoms with Crippen molar-refractivity contribution in [3.05, 3.63) is 88.6 Å². The normalized spacial score (nSPS) is 16.5. The number of nitrogens with zero attached hydrogens (tertiary/aromatic N) is 3. The minimum Gasteiger partial charge on any atom is -0.492 e. The molecule has 0 spiro atoms. The molecule has 1 aliphatic carbocycles. The molecule has 8 nitrogen and oxygen atoms in total. The van der Waals surface area contributed by atoms with Crippen LogP contribution in [0.4, 0.5) is 8.78 Å². The lowest BCUT2D eigenvalue weighted by Gasteiger charge is -2.33. The van der Waals surface area contributed by atoms with Crippen molar-refractivity contribution in [3.63, 3.8) is 0 Å². The zero-order chi connectivity index (χ0) is 27.7. The molecular formula is C28H27F2N3O5S. The first kappa shape index (κ1) is 26.9. The number of pyridine rings is 1. The molecule has 1 saturated heterocycles. The number of hydrogen-bond acceptors (Lipinski definition) is 7. The van der Waals surface area contributed by atoms with Crippen molar-refractivity contribution in [2.24, 2.45) is 0 Å². The number of benzene rings is 2. The van der Waals surface area contributed by atoms with E-state index in [9.17, 15) is 22.0 Å². The van der Waals surface area contributed by atoms with Gasteiger partial charge in [0.15, 0.2) is 5.78 Å². The molecule has 2 heterocycles. The van der Waals surface area contributed by atoms with Crippen LogP contribution in [0, 0.1) is 11.6 Å². The monoisotopic (exact) mass is 555 g/mol. The number of allylic oxidation sites excluding steroid dienone is 1. The zero-order valence-corrected chi connectivity index (χ0v) is 22.3. The number of fused-ring (bicyclic) bond motifs is 1. The molecule has 2 aromatic carbocycles. The third-order valence-electron chi connectivity index (χ3n) is 6.84. The summed E-state index contributed by atoms with van der Waals surface area (Å²) in [6.45, 7) is 3.02. The Hall–Kier alpha value is -3.67. The summed E-state index contributed by atoms with van der Waals surface area (Å²) in [4.78, 5) is 20.0. The van der Waals surface area contributed by atoms with E-state index in [1.807, 2.05) is 0 Å². The molecule has 1 aliphatic heterocycles. The van der Waals surface area contributed by atoms with Crippen LogP contribution < -0.4 is 9.47 Å². The zero-order valence-electron chi connectivity index (χ0n) is 21.5. The highest BCUT2D eigenvalue weighted by atomic mass is 32.2. The highest BCUT2D eigenvalue weighted by molar-refractivity contribution is 7.88. The summed E-state index contributed by atoms with van der Waals surface area (Å²) in [5, 5.41) is 0. The Bertz CT molecular complexity index is 1530. The van der Waals surface area contributed by atoms with Crippen molar-refractivity contribution in [2.45, 2.75) is 0 Å². The van der Waals surface area contributed by atoms with Crippen LogP contribution in [0.25, 0.3) is 11.1 Å². The summed E-state index contributed by atoms with van der Waals surface area (Å²) in [6, 6.07) is 11.6. The van der Waals surface area contributed by atoms with Crippen molar-refractivity contribution in [1.82, 2.24) is 14.2 Å². The largest absolute Gasteiger partial charge is 0.492 e. The van der Waals surface area contributed by atoms with E-state index in [4.69, 9.17) is 9.47 Å². The van der Waals surface area contributed by atoms with Gasteiger partial charge in [-0.3, -0.25) is 9.69 Å². The number of hydrogen-bond donors (Lipinski definition) is 0. The number of halogens is 2. The van der Waals surface area contributed by atoms with E-state index in [1.54, 1.807) is 30.3 Å². The predicted molar refractivity (Wildman–Crippen MR) is 142 cm³/mol. The van der Waals surface area contributed by atoms with Crippen LogP contribution in [-0.2, 0) is 10.0 Å². The SMILES string of the molecule is COc1ccc(C2=C(c3cc(F)cc(F)c3)c3ccc(OCCN4CCN(S(C)(=O)=O)CC4)cc3C2=O)cn1. The number of ketones is 1. The van der Waals surface area contributed by atoms with E-state index < -0.39 is 21.7 Å². The number of piperazine rings is 1. The topological polar surface area (TPSA) is 89.0 Å². The van der Waals surface area contributed by atoms with E-state index in [1.165, 1.54) is 36.0 Å². The van der Waals surface area contributed by atoms with Crippen molar-refractivity contribution >= 4 is 27.0 Å². The summed E-state index contributed by atoms with van der Waals surface area (Å²) >= 11 is 0. The first-order valence-corrected chi connectivity index (χ1v) is 14.2. The molecule has 0 bridgehead atoms. The average Bonchev–Trinajstić information content (AvgIpc) is 3.19. The van der Waals surface area contributed by atoms with Gasteiger partial charge in [0.2, 0.25) is 15.9 Å². The van der Waals surface area contributed by atoms with E-state index in [-0.39, 0.29) is 16.9 Å². The Morgan fingerprint density at radius 1 is 0.897 bits per heavy atom. The van der Waals surface area contributed by atoms with Crippen molar-refractivity contribution in [2.75, 3.05) is 52.7 Å². The molecule has 0 atom stereocenters. The maximum atomic E-state index is 14.2. The number of ether oxygens (including phenoxy) is 2. The lowest BCUT2D eigenvalue weighted by atomic mass is 9.95. The molecule has 204 valence electrons. The quantitative estimate of drug-likeness (QED) is 0.421. The van der Waals surface area contributed by atoms with Gasteiger partial charge in [0.05, 0.1) is 13.4 Å². The maximum Gasteiger partial charge on any atom is 0.212 e. The molecule has 0 unspecified atom stereocenters. The molecule has 0 N–H and O–H groups in total. The molecule has 1 fully saturated rings. The number of aromatic nitrogens is 1. The Morgan fingerprint density at radius 3 is 2.23 bits per heavy atom. The summed E-state index contributed by atoms with van der Waals surface area (Å²) < 4.78 is 64.3. The Balaban J connectivity index is 1.38. The number of rotatable bonds is 8. The molecule has 39 heavy (non-hydrogen) atoms. The second-order valence-corrected chi connectivity index (χ2v) is 11.4. The molecule has 3 aromatic rings. The Kier molecular flexibility index (Phi) is 7.48. The first-order chi connectivity index (χ1) is 18.6. The minimum absolute atomic E-state index is 0.243. The van der Waals surface area contributed by atoms with Crippen LogP contribution in [0.5, 0.6) is 11.6 Å². The van der Waals surface area contributed by atoms with Crippen molar-refractivity contribution < 1.29 is 31.5 Å². The van der Waals surface area contributed by atoms with E-state index in [2.05, 4.69) is 9.88 Å². The molecule has 11 heteroatoms. The van der Waals surface area contributed by atoms with Crippen LogP contribution in [-0.4, -0.2) is 81.1 Å². The smallest absolute Gasteiger partial charge is 0.212 e. The van der Waals surface area contributed by atoms with Crippen LogP contribution in [0.3, 0.4) is 0 Å². The van der Waals surface area contributed by atoms with Crippen molar-refractivity contribution in [3.8, 4) is 11.6 Å². The van der Waals surface area contributed by atoms with Gasteiger partial charge in [0, 0.05) is 73.3 Å². The number of carbonyl (C=O) groups is 1. The highest BCUT2D eigenvalue weighted by Crippen LogP contribution is 2.43. The Morgan fingerprint density at radius 2 is 1.62 bits per heavy atom. The second-order valence-electron chi connectivity index (χ2n) is 9.39. The predicted octanol–water partition coefficient (Wildman–Crippen LogP) is 3.48. The number of sulfonamides is 1. The lowest BCUT2D eigenvalue weighted by molar-refractivity contribution is 0.105. The average molecular weight is 556 g/mol. The highest BCUT2D eigenvalue weighted by Gasteiger charge is 2.32. The van der Waals surface area contributed by atoms with Crippen LogP contribution in [0.2, 0.25) is 0 Å². The third kappa shape index (κ3) is 5.70. The molecule has 5 rings (SSSR count). The van der Waals surface area contributed by atoms with Gasteiger partial charge in [0.25, 0.3) is 0 Å². The fourth-order valence-electron chi connectivity index (χ4n) is 4.90. The first-order valence-electron chi connectivity index (χ1n) is 12.3. The fraction of sp³-hybridized carbons (Fsp3) is 0.286. The van der Waals surface area contributed by atoms with E-state index >= 15 is 0 Å². The van der Waals surface area contributed by atoms with Crippen LogP contribution in [0.1, 0.15) is 27.0 Å². The number of carbonyl (C=O) groups excluding carboxylic acids is 1.